The summed E-state index contributed by atoms with van der Waals surface area (Å²) in [5, 5.41) is 19.4. The van der Waals surface area contributed by atoms with Crippen molar-refractivity contribution in [3.8, 4) is 6.07 Å². The molecule has 0 unspecified atom stereocenters. The fraction of sp³-hybridized carbons (Fsp3) is 0.200. The Morgan fingerprint density at radius 2 is 2.41 bits per heavy atom. The largest absolute Gasteiger partial charge is 0.339 e. The van der Waals surface area contributed by atoms with Crippen LogP contribution in [0.4, 0.5) is 0 Å². The molecule has 0 aliphatic rings. The van der Waals surface area contributed by atoms with Crippen molar-refractivity contribution in [1.82, 2.24) is 19.4 Å². The number of hydrogen-bond donors (Lipinski definition) is 1. The molecule has 0 saturated heterocycles. The van der Waals surface area contributed by atoms with Gasteiger partial charge in [0.1, 0.15) is 18.1 Å². The van der Waals surface area contributed by atoms with Gasteiger partial charge in [0.2, 0.25) is 4.77 Å². The minimum Gasteiger partial charge on any atom is -0.339 e. The van der Waals surface area contributed by atoms with E-state index in [2.05, 4.69) is 21.4 Å². The molecule has 2 aromatic rings. The van der Waals surface area contributed by atoms with E-state index in [0.717, 1.165) is 11.3 Å². The summed E-state index contributed by atoms with van der Waals surface area (Å²) in [5.74, 6) is 0. The highest BCUT2D eigenvalue weighted by molar-refractivity contribution is 7.71. The monoisotopic (exact) mass is 246 g/mol. The second-order valence-electron chi connectivity index (χ2n) is 3.49. The predicted octanol–water partition coefficient (Wildman–Crippen LogP) is 1.34. The minimum atomic E-state index is 0.426. The van der Waals surface area contributed by atoms with Crippen LogP contribution in [0.1, 0.15) is 17.0 Å². The lowest BCUT2D eigenvalue weighted by atomic mass is 10.3. The SMILES string of the molecule is Cc1c(/C=N\n2cn[nH]c2=S)cc(C#N)n1C. The van der Waals surface area contributed by atoms with Crippen LogP contribution >= 0.6 is 12.2 Å². The van der Waals surface area contributed by atoms with Gasteiger partial charge in [-0.25, -0.2) is 0 Å². The van der Waals surface area contributed by atoms with Gasteiger partial charge in [-0.2, -0.15) is 20.1 Å². The summed E-state index contributed by atoms with van der Waals surface area (Å²) >= 11 is 4.96. The van der Waals surface area contributed by atoms with Crippen LogP contribution in [0.2, 0.25) is 0 Å². The van der Waals surface area contributed by atoms with Crippen molar-refractivity contribution < 1.29 is 0 Å². The highest BCUT2D eigenvalue weighted by atomic mass is 32.1. The number of hydrogen-bond acceptors (Lipinski definition) is 4. The van der Waals surface area contributed by atoms with Crippen molar-refractivity contribution in [1.29, 1.82) is 5.26 Å². The number of aromatic amines is 1. The van der Waals surface area contributed by atoms with E-state index in [9.17, 15) is 0 Å². The van der Waals surface area contributed by atoms with Crippen LogP contribution in [0.15, 0.2) is 17.5 Å². The Labute approximate surface area is 103 Å². The third-order valence-electron chi connectivity index (χ3n) is 2.55. The molecule has 2 rings (SSSR count). The Bertz CT molecular complexity index is 666. The van der Waals surface area contributed by atoms with Gasteiger partial charge < -0.3 is 4.57 Å². The summed E-state index contributed by atoms with van der Waals surface area (Å²) in [5.41, 5.74) is 2.45. The zero-order valence-electron chi connectivity index (χ0n) is 9.38. The van der Waals surface area contributed by atoms with Gasteiger partial charge in [0.15, 0.2) is 0 Å². The third kappa shape index (κ3) is 2.03. The molecule has 17 heavy (non-hydrogen) atoms. The van der Waals surface area contributed by atoms with Crippen molar-refractivity contribution in [2.75, 3.05) is 0 Å². The fourth-order valence-electron chi connectivity index (χ4n) is 1.41. The molecule has 6 nitrogen and oxygen atoms in total. The zero-order valence-corrected chi connectivity index (χ0v) is 10.2. The van der Waals surface area contributed by atoms with Gasteiger partial charge in [0.25, 0.3) is 0 Å². The summed E-state index contributed by atoms with van der Waals surface area (Å²) in [4.78, 5) is 0. The van der Waals surface area contributed by atoms with E-state index in [1.807, 2.05) is 18.5 Å². The lowest BCUT2D eigenvalue weighted by Crippen LogP contribution is -1.95. The Balaban J connectivity index is 2.38. The maximum absolute atomic E-state index is 8.90. The number of H-pyrrole nitrogens is 1. The first-order chi connectivity index (χ1) is 8.13. The van der Waals surface area contributed by atoms with Gasteiger partial charge in [-0.15, -0.1) is 0 Å². The average molecular weight is 246 g/mol. The highest BCUT2D eigenvalue weighted by Gasteiger charge is 2.06. The van der Waals surface area contributed by atoms with Gasteiger partial charge in [-0.1, -0.05) is 0 Å². The summed E-state index contributed by atoms with van der Waals surface area (Å²) in [6, 6.07) is 3.90. The molecule has 2 heterocycles. The normalized spacial score (nSPS) is 10.9. The number of nitrogens with zero attached hydrogens (tertiary/aromatic N) is 5. The lowest BCUT2D eigenvalue weighted by molar-refractivity contribution is 0.856. The van der Waals surface area contributed by atoms with Crippen molar-refractivity contribution in [3.63, 3.8) is 0 Å². The van der Waals surface area contributed by atoms with Crippen LogP contribution in [0.5, 0.6) is 0 Å². The maximum atomic E-state index is 8.90. The first-order valence-corrected chi connectivity index (χ1v) is 5.27. The van der Waals surface area contributed by atoms with Crippen LogP contribution < -0.4 is 0 Å². The first-order valence-electron chi connectivity index (χ1n) is 4.86. The van der Waals surface area contributed by atoms with Crippen molar-refractivity contribution in [2.45, 2.75) is 6.92 Å². The number of nitrogens with one attached hydrogen (secondary N) is 1. The van der Waals surface area contributed by atoms with Crippen LogP contribution in [0, 0.1) is 23.0 Å². The topological polar surface area (TPSA) is 74.7 Å². The summed E-state index contributed by atoms with van der Waals surface area (Å²) in [7, 11) is 1.84. The van der Waals surface area contributed by atoms with Crippen LogP contribution in [-0.2, 0) is 7.05 Å². The molecular formula is C10H10N6S. The second kappa shape index (κ2) is 4.35. The zero-order chi connectivity index (χ0) is 12.4. The van der Waals surface area contributed by atoms with E-state index in [4.69, 9.17) is 17.5 Å². The molecule has 2 aromatic heterocycles. The molecule has 0 saturated carbocycles. The molecule has 0 aliphatic carbocycles. The van der Waals surface area contributed by atoms with E-state index in [1.54, 1.807) is 12.3 Å². The van der Waals surface area contributed by atoms with Gasteiger partial charge in [0.05, 0.1) is 6.21 Å². The molecule has 0 bridgehead atoms. The van der Waals surface area contributed by atoms with E-state index >= 15 is 0 Å². The average Bonchev–Trinajstić information content (AvgIpc) is 2.84. The molecule has 0 aromatic carbocycles. The maximum Gasteiger partial charge on any atom is 0.216 e. The Kier molecular flexibility index (Phi) is 2.89. The third-order valence-corrected chi connectivity index (χ3v) is 2.82. The molecule has 0 radical (unpaired) electrons. The second-order valence-corrected chi connectivity index (χ2v) is 3.88. The minimum absolute atomic E-state index is 0.426. The quantitative estimate of drug-likeness (QED) is 0.642. The molecular weight excluding hydrogens is 236 g/mol. The van der Waals surface area contributed by atoms with Crippen molar-refractivity contribution in [3.05, 3.63) is 34.1 Å². The van der Waals surface area contributed by atoms with E-state index in [1.165, 1.54) is 11.0 Å². The highest BCUT2D eigenvalue weighted by Crippen LogP contribution is 2.11. The summed E-state index contributed by atoms with van der Waals surface area (Å²) < 4.78 is 3.69. The van der Waals surface area contributed by atoms with Crippen molar-refractivity contribution in [2.24, 2.45) is 12.1 Å². The molecule has 0 aliphatic heterocycles. The molecule has 0 fully saturated rings. The van der Waals surface area contributed by atoms with Crippen molar-refractivity contribution >= 4 is 18.4 Å². The van der Waals surface area contributed by atoms with E-state index in [-0.39, 0.29) is 0 Å². The van der Waals surface area contributed by atoms with Gasteiger partial charge >= 0.3 is 0 Å². The standard InChI is InChI=1S/C10H10N6S/c1-7-8(3-9(4-11)15(7)2)5-13-16-6-12-14-10(16)17/h3,5-6H,1-2H3,(H,14,17)/b13-5-. The Morgan fingerprint density at radius 3 is 2.94 bits per heavy atom. The number of nitriles is 1. The van der Waals surface area contributed by atoms with E-state index in [0.29, 0.717) is 10.5 Å². The van der Waals surface area contributed by atoms with Crippen LogP contribution in [0.25, 0.3) is 0 Å². The molecule has 1 N–H and O–H groups in total. The first kappa shape index (κ1) is 11.3. The van der Waals surface area contributed by atoms with Crippen LogP contribution in [0.3, 0.4) is 0 Å². The Morgan fingerprint density at radius 1 is 1.65 bits per heavy atom. The van der Waals surface area contributed by atoms with Gasteiger partial charge in [0, 0.05) is 18.3 Å². The molecule has 0 amide bonds. The Hall–Kier alpha value is -2.20. The molecule has 0 atom stereocenters. The molecule has 7 heteroatoms. The van der Waals surface area contributed by atoms with Gasteiger partial charge in [-0.05, 0) is 25.2 Å². The summed E-state index contributed by atoms with van der Waals surface area (Å²) in [6.07, 6.45) is 3.14. The number of rotatable bonds is 2. The van der Waals surface area contributed by atoms with E-state index < -0.39 is 0 Å². The number of aromatic nitrogens is 4. The summed E-state index contributed by atoms with van der Waals surface area (Å²) in [6.45, 7) is 1.93. The molecule has 0 spiro atoms. The van der Waals surface area contributed by atoms with Gasteiger partial charge in [-0.3, -0.25) is 5.10 Å². The predicted molar refractivity (Wildman–Crippen MR) is 65.3 cm³/mol. The fourth-order valence-corrected chi connectivity index (χ4v) is 1.56. The molecule has 86 valence electrons. The smallest absolute Gasteiger partial charge is 0.216 e. The van der Waals surface area contributed by atoms with Crippen LogP contribution in [-0.4, -0.2) is 25.7 Å². The lowest BCUT2D eigenvalue weighted by Gasteiger charge is -1.97.